The molecule has 0 spiro atoms. The van der Waals surface area contributed by atoms with Gasteiger partial charge in [-0.1, -0.05) is 35.0 Å². The van der Waals surface area contributed by atoms with Crippen molar-refractivity contribution < 1.29 is 13.6 Å². The minimum Gasteiger partial charge on any atom is -0.347 e. The molecule has 1 aliphatic rings. The maximum Gasteiger partial charge on any atom is 0.273 e. The summed E-state index contributed by atoms with van der Waals surface area (Å²) in [6.07, 6.45) is 0.620. The third-order valence-corrected chi connectivity index (χ3v) is 5.25. The van der Waals surface area contributed by atoms with Gasteiger partial charge in [0, 0.05) is 22.5 Å². The molecule has 0 aliphatic heterocycles. The van der Waals surface area contributed by atoms with Crippen LogP contribution in [0.2, 0.25) is 5.02 Å². The molecule has 5 nitrogen and oxygen atoms in total. The van der Waals surface area contributed by atoms with Gasteiger partial charge in [-0.05, 0) is 43.2 Å². The minimum atomic E-state index is -0.365. The summed E-state index contributed by atoms with van der Waals surface area (Å²) in [4.78, 5) is 12.6. The fourth-order valence-corrected chi connectivity index (χ4v) is 3.56. The van der Waals surface area contributed by atoms with Crippen LogP contribution in [0.4, 0.5) is 8.78 Å². The standard InChI is InChI=1S/C20H17ClF2N4O/c1-11-19(25-26-27(11)10-12-5-7-13(22)8-6-12)20(28)24-17-9-14(17)18-15(21)3-2-4-16(18)23/h2-8,14,17H,9-10H2,1H3,(H,24,28)/t14-,17-/m1/s1. The topological polar surface area (TPSA) is 59.8 Å². The first-order valence-electron chi connectivity index (χ1n) is 8.83. The number of halogens is 3. The van der Waals surface area contributed by atoms with E-state index in [0.717, 1.165) is 5.56 Å². The molecule has 1 aromatic heterocycles. The van der Waals surface area contributed by atoms with Crippen molar-refractivity contribution in [2.45, 2.75) is 31.8 Å². The predicted molar refractivity (Wildman–Crippen MR) is 100 cm³/mol. The van der Waals surface area contributed by atoms with Gasteiger partial charge in [-0.25, -0.2) is 13.5 Å². The van der Waals surface area contributed by atoms with Gasteiger partial charge in [0.25, 0.3) is 5.91 Å². The molecule has 1 aliphatic carbocycles. The van der Waals surface area contributed by atoms with Crippen molar-refractivity contribution >= 4 is 17.5 Å². The smallest absolute Gasteiger partial charge is 0.273 e. The molecule has 0 unspecified atom stereocenters. The summed E-state index contributed by atoms with van der Waals surface area (Å²) in [5.74, 6) is -1.18. The van der Waals surface area contributed by atoms with E-state index in [1.807, 2.05) is 0 Å². The minimum absolute atomic E-state index is 0.146. The summed E-state index contributed by atoms with van der Waals surface area (Å²) in [6, 6.07) is 10.4. The second-order valence-electron chi connectivity index (χ2n) is 6.87. The highest BCUT2D eigenvalue weighted by Crippen LogP contribution is 2.45. The fraction of sp³-hybridized carbons (Fsp3) is 0.250. The number of amides is 1. The highest BCUT2D eigenvalue weighted by molar-refractivity contribution is 6.31. The van der Waals surface area contributed by atoms with Crippen LogP contribution in [0.5, 0.6) is 0 Å². The van der Waals surface area contributed by atoms with Gasteiger partial charge < -0.3 is 5.32 Å². The molecule has 2 atom stereocenters. The van der Waals surface area contributed by atoms with Crippen LogP contribution in [0.1, 0.15) is 39.6 Å². The van der Waals surface area contributed by atoms with E-state index >= 15 is 0 Å². The quantitative estimate of drug-likeness (QED) is 0.705. The predicted octanol–water partition coefficient (Wildman–Crippen LogP) is 3.85. The zero-order valence-corrected chi connectivity index (χ0v) is 15.8. The molecule has 0 saturated heterocycles. The average molecular weight is 403 g/mol. The number of rotatable bonds is 5. The molecule has 1 saturated carbocycles. The van der Waals surface area contributed by atoms with Crippen molar-refractivity contribution in [1.82, 2.24) is 20.3 Å². The van der Waals surface area contributed by atoms with Gasteiger partial charge in [0.05, 0.1) is 12.2 Å². The summed E-state index contributed by atoms with van der Waals surface area (Å²) in [5, 5.41) is 11.2. The van der Waals surface area contributed by atoms with E-state index in [-0.39, 0.29) is 35.2 Å². The van der Waals surface area contributed by atoms with E-state index in [4.69, 9.17) is 11.6 Å². The second-order valence-corrected chi connectivity index (χ2v) is 7.27. The van der Waals surface area contributed by atoms with E-state index in [1.54, 1.807) is 35.9 Å². The van der Waals surface area contributed by atoms with E-state index in [1.165, 1.54) is 18.2 Å². The van der Waals surface area contributed by atoms with Gasteiger partial charge in [0.1, 0.15) is 11.6 Å². The van der Waals surface area contributed by atoms with E-state index < -0.39 is 0 Å². The molecule has 0 bridgehead atoms. The zero-order valence-electron chi connectivity index (χ0n) is 15.0. The highest BCUT2D eigenvalue weighted by atomic mass is 35.5. The number of aromatic nitrogens is 3. The molecule has 28 heavy (non-hydrogen) atoms. The zero-order chi connectivity index (χ0) is 19.8. The fourth-order valence-electron chi connectivity index (χ4n) is 3.26. The van der Waals surface area contributed by atoms with Crippen LogP contribution in [0.15, 0.2) is 42.5 Å². The van der Waals surface area contributed by atoms with Crippen LogP contribution in [0.25, 0.3) is 0 Å². The van der Waals surface area contributed by atoms with Crippen LogP contribution in [-0.2, 0) is 6.54 Å². The number of hydrogen-bond acceptors (Lipinski definition) is 3. The third kappa shape index (κ3) is 3.62. The van der Waals surface area contributed by atoms with Crippen LogP contribution in [-0.4, -0.2) is 26.9 Å². The van der Waals surface area contributed by atoms with Crippen LogP contribution in [0, 0.1) is 18.6 Å². The van der Waals surface area contributed by atoms with Crippen molar-refractivity contribution in [2.24, 2.45) is 0 Å². The molecule has 3 aromatic rings. The molecular weight excluding hydrogens is 386 g/mol. The van der Waals surface area contributed by atoms with Gasteiger partial charge >= 0.3 is 0 Å². The maximum absolute atomic E-state index is 14.0. The van der Waals surface area contributed by atoms with Gasteiger partial charge in [0.2, 0.25) is 0 Å². The van der Waals surface area contributed by atoms with E-state index in [2.05, 4.69) is 15.6 Å². The maximum atomic E-state index is 14.0. The van der Waals surface area contributed by atoms with Crippen LogP contribution in [0.3, 0.4) is 0 Å². The number of hydrogen-bond donors (Lipinski definition) is 1. The molecule has 8 heteroatoms. The molecule has 1 amide bonds. The van der Waals surface area contributed by atoms with Gasteiger partial charge in [-0.3, -0.25) is 4.79 Å². The Kier molecular flexibility index (Phi) is 4.85. The van der Waals surface area contributed by atoms with Gasteiger partial charge in [-0.2, -0.15) is 0 Å². The first-order valence-corrected chi connectivity index (χ1v) is 9.21. The molecule has 4 rings (SSSR count). The Hall–Kier alpha value is -2.80. The van der Waals surface area contributed by atoms with Crippen molar-refractivity contribution in [3.05, 3.63) is 81.6 Å². The van der Waals surface area contributed by atoms with Crippen LogP contribution < -0.4 is 5.32 Å². The summed E-state index contributed by atoms with van der Waals surface area (Å²) in [5.41, 5.74) is 2.10. The summed E-state index contributed by atoms with van der Waals surface area (Å²) in [6.45, 7) is 2.12. The first kappa shape index (κ1) is 18.6. The lowest BCUT2D eigenvalue weighted by Crippen LogP contribution is -2.27. The lowest BCUT2D eigenvalue weighted by atomic mass is 10.1. The van der Waals surface area contributed by atoms with E-state index in [0.29, 0.717) is 29.2 Å². The number of nitrogens with one attached hydrogen (secondary N) is 1. The lowest BCUT2D eigenvalue weighted by Gasteiger charge is -2.07. The summed E-state index contributed by atoms with van der Waals surface area (Å²) < 4.78 is 28.6. The highest BCUT2D eigenvalue weighted by Gasteiger charge is 2.42. The Labute approximate surface area is 165 Å². The Morgan fingerprint density at radius 1 is 1.25 bits per heavy atom. The third-order valence-electron chi connectivity index (χ3n) is 4.92. The van der Waals surface area contributed by atoms with Gasteiger partial charge in [0.15, 0.2) is 5.69 Å². The molecule has 1 N–H and O–H groups in total. The summed E-state index contributed by atoms with van der Waals surface area (Å²) in [7, 11) is 0. The molecule has 2 aromatic carbocycles. The number of carbonyl (C=O) groups excluding carboxylic acids is 1. The Morgan fingerprint density at radius 2 is 2.00 bits per heavy atom. The Bertz CT molecular complexity index is 1010. The normalized spacial score (nSPS) is 18.1. The number of benzene rings is 2. The van der Waals surface area contributed by atoms with Crippen LogP contribution >= 0.6 is 11.6 Å². The molecule has 144 valence electrons. The molecule has 1 heterocycles. The molecule has 1 fully saturated rings. The van der Waals surface area contributed by atoms with Gasteiger partial charge in [-0.15, -0.1) is 5.10 Å². The average Bonchev–Trinajstić information content (AvgIpc) is 3.30. The number of carbonyl (C=O) groups is 1. The van der Waals surface area contributed by atoms with Crippen molar-refractivity contribution in [3.63, 3.8) is 0 Å². The van der Waals surface area contributed by atoms with E-state index in [9.17, 15) is 13.6 Å². The first-order chi connectivity index (χ1) is 13.4. The Morgan fingerprint density at radius 3 is 2.71 bits per heavy atom. The lowest BCUT2D eigenvalue weighted by molar-refractivity contribution is 0.0944. The Balaban J connectivity index is 1.44. The number of nitrogens with zero attached hydrogens (tertiary/aromatic N) is 3. The molecular formula is C20H17ClF2N4O. The summed E-state index contributed by atoms with van der Waals surface area (Å²) >= 11 is 6.10. The van der Waals surface area contributed by atoms with Crippen molar-refractivity contribution in [2.75, 3.05) is 0 Å². The molecule has 0 radical (unpaired) electrons. The monoisotopic (exact) mass is 402 g/mol. The second kappa shape index (κ2) is 7.31. The SMILES string of the molecule is Cc1c(C(=O)N[C@@H]2C[C@H]2c2c(F)cccc2Cl)nnn1Cc1ccc(F)cc1. The van der Waals surface area contributed by atoms with Crippen molar-refractivity contribution in [1.29, 1.82) is 0 Å². The van der Waals surface area contributed by atoms with Crippen molar-refractivity contribution in [3.8, 4) is 0 Å². The largest absolute Gasteiger partial charge is 0.347 e.